The molecule has 5 atom stereocenters. The molecule has 2 rings (SSSR count). The first-order chi connectivity index (χ1) is 23.8. The van der Waals surface area contributed by atoms with Crippen molar-refractivity contribution >= 4 is 5.78 Å². The highest BCUT2D eigenvalue weighted by Gasteiger charge is 2.24. The lowest BCUT2D eigenvalue weighted by atomic mass is 9.93. The van der Waals surface area contributed by atoms with Gasteiger partial charge < -0.3 is 14.3 Å². The largest absolute Gasteiger partial charge is 0.493 e. The molecule has 1 saturated carbocycles. The third kappa shape index (κ3) is 42.8. The van der Waals surface area contributed by atoms with Gasteiger partial charge in [-0.1, -0.05) is 168 Å². The second-order valence-corrected chi connectivity index (χ2v) is 16.8. The summed E-state index contributed by atoms with van der Waals surface area (Å²) in [6, 6.07) is 9.98. The first-order valence-corrected chi connectivity index (χ1v) is 21.2. The summed E-state index contributed by atoms with van der Waals surface area (Å²) >= 11 is 0. The van der Waals surface area contributed by atoms with Crippen molar-refractivity contribution in [2.45, 2.75) is 178 Å². The van der Waals surface area contributed by atoms with Crippen LogP contribution in [0.25, 0.3) is 0 Å². The molecule has 0 aromatic heterocycles. The summed E-state index contributed by atoms with van der Waals surface area (Å²) in [6.45, 7) is 45.9. The van der Waals surface area contributed by atoms with Gasteiger partial charge in [-0.05, 0) is 111 Å². The van der Waals surface area contributed by atoms with E-state index in [1.165, 1.54) is 25.7 Å². The average Bonchev–Trinajstić information content (AvgIpc) is 3.91. The van der Waals surface area contributed by atoms with Crippen LogP contribution >= 0.6 is 0 Å². The number of hydrogen-bond acceptors (Lipinski definition) is 3. The van der Waals surface area contributed by atoms with Crippen molar-refractivity contribution in [1.82, 2.24) is 0 Å². The number of Topliss-reactive ketones (excluding diaryl/α,β-unsaturated/α-hetero) is 1. The van der Waals surface area contributed by atoms with E-state index in [0.29, 0.717) is 35.4 Å². The Kier molecular flexibility index (Phi) is 44.9. The third-order valence-electron chi connectivity index (χ3n) is 10.3. The van der Waals surface area contributed by atoms with Gasteiger partial charge in [-0.15, -0.1) is 0 Å². The highest BCUT2D eigenvalue weighted by molar-refractivity contribution is 5.75. The number of ketones is 1. The Bertz CT molecular complexity index is 866. The molecule has 5 unspecified atom stereocenters. The van der Waals surface area contributed by atoms with Gasteiger partial charge in [0.1, 0.15) is 11.5 Å². The Morgan fingerprint density at radius 3 is 1.42 bits per heavy atom. The molecule has 0 saturated heterocycles. The summed E-state index contributed by atoms with van der Waals surface area (Å²) in [4.78, 5) is 10.6. The summed E-state index contributed by atoms with van der Waals surface area (Å²) < 4.78 is 10.9. The number of benzene rings is 1. The molecule has 0 spiro atoms. The number of rotatable bonds is 17. The Hall–Kier alpha value is -1.61. The van der Waals surface area contributed by atoms with Crippen LogP contribution in [0.3, 0.4) is 0 Å². The van der Waals surface area contributed by atoms with Gasteiger partial charge in [-0.25, -0.2) is 0 Å². The lowest BCUT2D eigenvalue weighted by molar-refractivity contribution is -0.118. The van der Waals surface area contributed by atoms with Gasteiger partial charge in [0.25, 0.3) is 0 Å². The van der Waals surface area contributed by atoms with Gasteiger partial charge in [-0.3, -0.25) is 0 Å². The molecule has 0 radical (unpaired) electrons. The highest BCUT2D eigenvalue weighted by Crippen LogP contribution is 2.36. The summed E-state index contributed by atoms with van der Waals surface area (Å²) in [7, 11) is 0. The smallest absolute Gasteiger partial charge is 0.130 e. The molecule has 1 aromatic carbocycles. The second-order valence-electron chi connectivity index (χ2n) is 16.8. The number of carbonyl (C=O) groups is 1. The van der Waals surface area contributed by atoms with Crippen LogP contribution in [-0.2, 0) is 9.53 Å². The predicted molar refractivity (Wildman–Crippen MR) is 239 cm³/mol. The highest BCUT2D eigenvalue weighted by atomic mass is 16.5. The van der Waals surface area contributed by atoms with Crippen LogP contribution in [-0.4, -0.2) is 25.6 Å². The van der Waals surface area contributed by atoms with Gasteiger partial charge in [0.15, 0.2) is 0 Å². The maximum atomic E-state index is 10.6. The van der Waals surface area contributed by atoms with Crippen LogP contribution < -0.4 is 4.74 Å². The van der Waals surface area contributed by atoms with Crippen molar-refractivity contribution in [2.24, 2.45) is 65.1 Å². The zero-order valence-electron chi connectivity index (χ0n) is 38.3. The molecule has 1 aliphatic carbocycles. The number of carbonyl (C=O) groups excluding carboxylic acids is 1. The van der Waals surface area contributed by atoms with Gasteiger partial charge in [0.2, 0.25) is 0 Å². The van der Waals surface area contributed by atoms with Crippen LogP contribution in [0.4, 0.5) is 0 Å². The SMILES string of the molecule is C.C/C=C/CC(C)C(C)C.CC.CC(=O)CC(C)C(C)C.CC(C)C(C)CC1CC1.CC(C)C(C)COc1ccccc1.CCOCC(C)C(C)C. The minimum absolute atomic E-state index is 0. The zero-order chi connectivity index (χ0) is 40.5. The monoisotopic (exact) mass is 735 g/mol. The van der Waals surface area contributed by atoms with E-state index in [1.807, 2.05) is 51.1 Å². The van der Waals surface area contributed by atoms with Crippen molar-refractivity contribution in [3.8, 4) is 5.75 Å². The zero-order valence-corrected chi connectivity index (χ0v) is 38.3. The van der Waals surface area contributed by atoms with Crippen molar-refractivity contribution in [1.29, 1.82) is 0 Å². The minimum atomic E-state index is 0. The molecule has 3 heteroatoms. The van der Waals surface area contributed by atoms with Crippen molar-refractivity contribution in [2.75, 3.05) is 19.8 Å². The second kappa shape index (κ2) is 39.1. The van der Waals surface area contributed by atoms with Crippen molar-refractivity contribution in [3.63, 3.8) is 0 Å². The fraction of sp³-hybridized carbons (Fsp3) is 0.816. The summed E-state index contributed by atoms with van der Waals surface area (Å²) in [5.41, 5.74) is 0. The van der Waals surface area contributed by atoms with Gasteiger partial charge in [-0.2, -0.15) is 0 Å². The molecular formula is C49H98O3. The molecule has 3 nitrogen and oxygen atoms in total. The lowest BCUT2D eigenvalue weighted by Gasteiger charge is -2.16. The predicted octanol–water partition coefficient (Wildman–Crippen LogP) is 15.9. The van der Waals surface area contributed by atoms with Crippen molar-refractivity contribution in [3.05, 3.63) is 42.5 Å². The molecule has 1 aliphatic rings. The maximum Gasteiger partial charge on any atom is 0.130 e. The summed E-state index contributed by atoms with van der Waals surface area (Å²) in [5, 5.41) is 0. The fourth-order valence-corrected chi connectivity index (χ4v) is 3.90. The molecule has 0 heterocycles. The van der Waals surface area contributed by atoms with Gasteiger partial charge in [0.05, 0.1) is 6.61 Å². The topological polar surface area (TPSA) is 35.5 Å². The molecule has 0 aliphatic heterocycles. The molecule has 0 bridgehead atoms. The van der Waals surface area contributed by atoms with Gasteiger partial charge in [0, 0.05) is 19.6 Å². The lowest BCUT2D eigenvalue weighted by Crippen LogP contribution is -2.13. The van der Waals surface area contributed by atoms with E-state index in [0.717, 1.165) is 67.5 Å². The van der Waals surface area contributed by atoms with Crippen LogP contribution in [0.5, 0.6) is 5.75 Å². The normalized spacial score (nSPS) is 14.8. The Morgan fingerprint density at radius 1 is 0.673 bits per heavy atom. The number of hydrogen-bond donors (Lipinski definition) is 0. The van der Waals surface area contributed by atoms with E-state index in [9.17, 15) is 4.79 Å². The van der Waals surface area contributed by atoms with Crippen molar-refractivity contribution < 1.29 is 14.3 Å². The molecule has 312 valence electrons. The number of allylic oxidation sites excluding steroid dienone is 2. The Balaban J connectivity index is -0.000000176. The van der Waals surface area contributed by atoms with E-state index in [4.69, 9.17) is 9.47 Å². The van der Waals surface area contributed by atoms with E-state index in [1.54, 1.807) is 6.92 Å². The maximum absolute atomic E-state index is 10.6. The summed E-state index contributed by atoms with van der Waals surface area (Å²) in [5.74, 6) is 9.81. The first-order valence-electron chi connectivity index (χ1n) is 21.2. The van der Waals surface area contributed by atoms with Crippen LogP contribution in [0, 0.1) is 65.1 Å². The Morgan fingerprint density at radius 2 is 1.10 bits per heavy atom. The molecule has 1 fully saturated rings. The quantitative estimate of drug-likeness (QED) is 0.150. The van der Waals surface area contributed by atoms with Gasteiger partial charge >= 0.3 is 0 Å². The third-order valence-corrected chi connectivity index (χ3v) is 10.3. The molecule has 0 N–H and O–H groups in total. The van der Waals surface area contributed by atoms with E-state index in [-0.39, 0.29) is 7.43 Å². The Labute approximate surface area is 330 Å². The van der Waals surface area contributed by atoms with Crippen LogP contribution in [0.2, 0.25) is 0 Å². The first kappa shape index (κ1) is 59.7. The van der Waals surface area contributed by atoms with E-state index in [2.05, 4.69) is 123 Å². The standard InChI is InChI=1S/C12H18O.2C9H18.C8H16O.C8H18O.C2H6.CH4/c1-10(2)11(3)9-13-12-7-5-4-6-8-12;1-7(2)8(3)6-9-4-5-9;1-5-6-7-9(4)8(2)3;1-6(2)7(3)5-8(4)9;1-5-9-6-8(4)7(2)3;1-2;/h4-8,10-11H,9H2,1-3H3;7-9H,4-6H2,1-3H3;5-6,8-9H,7H2,1-4H3;6-7H,5H2,1-4H3;7-8H,5-6H2,1-4H3;1-2H3;1H4/b;;6-5+;;;;. The summed E-state index contributed by atoms with van der Waals surface area (Å²) in [6.07, 6.45) is 10.8. The van der Waals surface area contributed by atoms with Crippen LogP contribution in [0.1, 0.15) is 178 Å². The number of para-hydroxylation sites is 1. The number of ether oxygens (including phenoxy) is 2. The fourth-order valence-electron chi connectivity index (χ4n) is 3.90. The molecule has 0 amide bonds. The van der Waals surface area contributed by atoms with Crippen LogP contribution in [0.15, 0.2) is 42.5 Å². The molecule has 1 aromatic rings. The van der Waals surface area contributed by atoms with E-state index >= 15 is 0 Å². The minimum Gasteiger partial charge on any atom is -0.493 e. The average molecular weight is 735 g/mol. The molecular weight excluding hydrogens is 637 g/mol. The molecule has 52 heavy (non-hydrogen) atoms. The van der Waals surface area contributed by atoms with E-state index < -0.39 is 0 Å².